The van der Waals surface area contributed by atoms with Gasteiger partial charge in [-0.1, -0.05) is 50.7 Å². The fourth-order valence-electron chi connectivity index (χ4n) is 6.12. The summed E-state index contributed by atoms with van der Waals surface area (Å²) in [7, 11) is 1.64. The van der Waals surface area contributed by atoms with Crippen LogP contribution < -0.4 is 10.1 Å². The molecule has 0 bridgehead atoms. The first kappa shape index (κ1) is 25.6. The van der Waals surface area contributed by atoms with Crippen molar-refractivity contribution in [3.8, 4) is 5.75 Å². The molecule has 35 heavy (non-hydrogen) atoms. The third-order valence-electron chi connectivity index (χ3n) is 8.17. The standard InChI is InChI=1S/C27H42N4O4/c1-27(2)24(31(34)25(32)28-21-10-6-4-7-11-21)30(22-12-8-5-9-13-22)26(33)29(27)19-18-20-14-16-23(35-3)17-15-20/h14-17,21-22,24,34H,4-13,18-19H2,1-3H3,(H,28,32)/t24-/m1/s1. The van der Waals surface area contributed by atoms with Crippen molar-refractivity contribution < 1.29 is 19.5 Å². The van der Waals surface area contributed by atoms with Crippen molar-refractivity contribution in [1.82, 2.24) is 20.2 Å². The van der Waals surface area contributed by atoms with Gasteiger partial charge in [-0.15, -0.1) is 0 Å². The Labute approximate surface area is 209 Å². The van der Waals surface area contributed by atoms with E-state index in [1.54, 1.807) is 12.0 Å². The van der Waals surface area contributed by atoms with E-state index in [9.17, 15) is 14.8 Å². The highest BCUT2D eigenvalue weighted by Crippen LogP contribution is 2.39. The molecule has 3 fully saturated rings. The number of methoxy groups -OCH3 is 1. The van der Waals surface area contributed by atoms with Crippen LogP contribution in [0.1, 0.15) is 83.6 Å². The lowest BCUT2D eigenvalue weighted by Gasteiger charge is -2.41. The van der Waals surface area contributed by atoms with Crippen molar-refractivity contribution in [3.05, 3.63) is 29.8 Å². The SMILES string of the molecule is COc1ccc(CCN2C(=O)N(C3CCCCC3)[C@H](N(O)C(=O)NC3CCCCC3)C2(C)C)cc1. The molecule has 0 radical (unpaired) electrons. The van der Waals surface area contributed by atoms with E-state index in [-0.39, 0.29) is 18.1 Å². The van der Waals surface area contributed by atoms with Crippen LogP contribution in [0.4, 0.5) is 9.59 Å². The van der Waals surface area contributed by atoms with Crippen LogP contribution in [-0.2, 0) is 6.42 Å². The highest BCUT2D eigenvalue weighted by molar-refractivity contribution is 5.81. The monoisotopic (exact) mass is 486 g/mol. The summed E-state index contributed by atoms with van der Waals surface area (Å²) in [4.78, 5) is 30.6. The maximum Gasteiger partial charge on any atom is 0.343 e. The first-order valence-electron chi connectivity index (χ1n) is 13.3. The minimum absolute atomic E-state index is 0.0311. The molecule has 4 rings (SSSR count). The molecular formula is C27H42N4O4. The lowest BCUT2D eigenvalue weighted by molar-refractivity contribution is -0.141. The molecule has 3 aliphatic rings. The molecule has 0 spiro atoms. The summed E-state index contributed by atoms with van der Waals surface area (Å²) in [6, 6.07) is 7.40. The molecular weight excluding hydrogens is 444 g/mol. The van der Waals surface area contributed by atoms with E-state index in [0.29, 0.717) is 13.0 Å². The number of benzene rings is 1. The smallest absolute Gasteiger partial charge is 0.343 e. The molecule has 1 aliphatic heterocycles. The van der Waals surface area contributed by atoms with Gasteiger partial charge in [0.25, 0.3) is 0 Å². The first-order chi connectivity index (χ1) is 16.8. The number of hydrogen-bond donors (Lipinski definition) is 2. The summed E-state index contributed by atoms with van der Waals surface area (Å²) >= 11 is 0. The fraction of sp³-hybridized carbons (Fsp3) is 0.704. The predicted octanol–water partition coefficient (Wildman–Crippen LogP) is 5.15. The number of hydroxylamine groups is 2. The maximum atomic E-state index is 13.8. The van der Waals surface area contributed by atoms with Crippen molar-refractivity contribution in [1.29, 1.82) is 0 Å². The van der Waals surface area contributed by atoms with Crippen LogP contribution in [-0.4, -0.2) is 69.6 Å². The van der Waals surface area contributed by atoms with E-state index >= 15 is 0 Å². The first-order valence-corrected chi connectivity index (χ1v) is 13.3. The molecule has 2 N–H and O–H groups in total. The number of carbonyl (C=O) groups excluding carboxylic acids is 2. The second-order valence-corrected chi connectivity index (χ2v) is 10.9. The second-order valence-electron chi connectivity index (χ2n) is 10.9. The highest BCUT2D eigenvalue weighted by atomic mass is 16.5. The summed E-state index contributed by atoms with van der Waals surface area (Å²) in [5, 5.41) is 15.1. The normalized spacial score (nSPS) is 23.4. The number of rotatable bonds is 7. The average molecular weight is 487 g/mol. The van der Waals surface area contributed by atoms with Gasteiger partial charge in [-0.3, -0.25) is 10.1 Å². The van der Waals surface area contributed by atoms with E-state index in [2.05, 4.69) is 5.32 Å². The van der Waals surface area contributed by atoms with Gasteiger partial charge in [0.1, 0.15) is 5.75 Å². The van der Waals surface area contributed by atoms with Crippen molar-refractivity contribution in [2.75, 3.05) is 13.7 Å². The summed E-state index contributed by atoms with van der Waals surface area (Å²) in [5.41, 5.74) is 0.359. The van der Waals surface area contributed by atoms with Gasteiger partial charge in [-0.25, -0.2) is 9.59 Å². The number of carbonyl (C=O) groups is 2. The zero-order chi connectivity index (χ0) is 25.0. The molecule has 1 atom stereocenters. The van der Waals surface area contributed by atoms with Gasteiger partial charge in [0, 0.05) is 18.6 Å². The van der Waals surface area contributed by atoms with Crippen molar-refractivity contribution in [2.24, 2.45) is 0 Å². The second kappa shape index (κ2) is 11.1. The Bertz CT molecular complexity index is 862. The van der Waals surface area contributed by atoms with Crippen molar-refractivity contribution in [3.63, 3.8) is 0 Å². The molecule has 1 heterocycles. The summed E-state index contributed by atoms with van der Waals surface area (Å²) in [5.74, 6) is 0.801. The quantitative estimate of drug-likeness (QED) is 0.412. The highest BCUT2D eigenvalue weighted by Gasteiger charge is 2.57. The van der Waals surface area contributed by atoms with Crippen LogP contribution in [0.5, 0.6) is 5.75 Å². The number of ether oxygens (including phenoxy) is 1. The van der Waals surface area contributed by atoms with Gasteiger partial charge >= 0.3 is 12.1 Å². The van der Waals surface area contributed by atoms with Gasteiger partial charge in [0.2, 0.25) is 0 Å². The predicted molar refractivity (Wildman–Crippen MR) is 134 cm³/mol. The Morgan fingerprint density at radius 2 is 1.66 bits per heavy atom. The van der Waals surface area contributed by atoms with Gasteiger partial charge in [0.05, 0.1) is 12.6 Å². The van der Waals surface area contributed by atoms with Crippen LogP contribution in [0.2, 0.25) is 0 Å². The Morgan fingerprint density at radius 3 is 2.26 bits per heavy atom. The van der Waals surface area contributed by atoms with Crippen LogP contribution in [0, 0.1) is 0 Å². The molecule has 0 unspecified atom stereocenters. The largest absolute Gasteiger partial charge is 0.497 e. The minimum atomic E-state index is -0.750. The lowest BCUT2D eigenvalue weighted by Crippen LogP contribution is -2.61. The molecule has 8 heteroatoms. The van der Waals surface area contributed by atoms with Crippen molar-refractivity contribution >= 4 is 12.1 Å². The summed E-state index contributed by atoms with van der Waals surface area (Å²) < 4.78 is 5.25. The van der Waals surface area contributed by atoms with Gasteiger partial charge < -0.3 is 15.0 Å². The van der Waals surface area contributed by atoms with E-state index in [1.165, 1.54) is 12.8 Å². The molecule has 0 aromatic heterocycles. The van der Waals surface area contributed by atoms with Crippen LogP contribution in [0.15, 0.2) is 24.3 Å². The lowest BCUT2D eigenvalue weighted by atomic mass is 9.92. The van der Waals surface area contributed by atoms with E-state index in [4.69, 9.17) is 4.74 Å². The Morgan fingerprint density at radius 1 is 1.06 bits per heavy atom. The number of urea groups is 2. The van der Waals surface area contributed by atoms with E-state index in [0.717, 1.165) is 67.7 Å². The Balaban J connectivity index is 1.53. The zero-order valence-electron chi connectivity index (χ0n) is 21.5. The number of hydrogen-bond acceptors (Lipinski definition) is 4. The molecule has 1 saturated heterocycles. The van der Waals surface area contributed by atoms with Gasteiger partial charge in [-0.05, 0) is 63.6 Å². The molecule has 8 nitrogen and oxygen atoms in total. The summed E-state index contributed by atoms with van der Waals surface area (Å²) in [6.45, 7) is 4.43. The van der Waals surface area contributed by atoms with Crippen LogP contribution >= 0.6 is 0 Å². The van der Waals surface area contributed by atoms with Crippen molar-refractivity contribution in [2.45, 2.75) is 108 Å². The molecule has 194 valence electrons. The number of amides is 4. The Hall–Kier alpha value is -2.48. The molecule has 1 aromatic carbocycles. The van der Waals surface area contributed by atoms with Crippen LogP contribution in [0.25, 0.3) is 0 Å². The molecule has 1 aromatic rings. The average Bonchev–Trinajstić information content (AvgIpc) is 3.08. The zero-order valence-corrected chi connectivity index (χ0v) is 21.5. The number of nitrogens with zero attached hydrogens (tertiary/aromatic N) is 3. The van der Waals surface area contributed by atoms with Gasteiger partial charge in [-0.2, -0.15) is 5.06 Å². The topological polar surface area (TPSA) is 85.3 Å². The third kappa shape index (κ3) is 5.52. The van der Waals surface area contributed by atoms with E-state index < -0.39 is 17.7 Å². The summed E-state index contributed by atoms with van der Waals surface area (Å²) in [6.07, 6.45) is 10.3. The molecule has 2 saturated carbocycles. The fourth-order valence-corrected chi connectivity index (χ4v) is 6.12. The number of nitrogens with one attached hydrogen (secondary N) is 1. The molecule has 2 aliphatic carbocycles. The maximum absolute atomic E-state index is 13.8. The molecule has 4 amide bonds. The van der Waals surface area contributed by atoms with E-state index in [1.807, 2.05) is 43.0 Å². The third-order valence-corrected chi connectivity index (χ3v) is 8.17. The Kier molecular flexibility index (Phi) is 8.09. The van der Waals surface area contributed by atoms with Gasteiger partial charge in [0.15, 0.2) is 6.17 Å². The van der Waals surface area contributed by atoms with Crippen LogP contribution in [0.3, 0.4) is 0 Å². The minimum Gasteiger partial charge on any atom is -0.497 e.